The average Bonchev–Trinajstić information content (AvgIpc) is 2.76. The van der Waals surface area contributed by atoms with Crippen LogP contribution in [0.2, 0.25) is 5.02 Å². The van der Waals surface area contributed by atoms with E-state index in [1.807, 2.05) is 6.07 Å². The average molecular weight is 260 g/mol. The van der Waals surface area contributed by atoms with Crippen LogP contribution in [0.25, 0.3) is 0 Å². The number of pyridine rings is 1. The molecule has 0 atom stereocenters. The summed E-state index contributed by atoms with van der Waals surface area (Å²) < 4.78 is 0. The minimum absolute atomic E-state index is 0.520. The Morgan fingerprint density at radius 1 is 1.11 bits per heavy atom. The quantitative estimate of drug-likeness (QED) is 0.902. The zero-order chi connectivity index (χ0) is 12.5. The number of hydrogen-bond donors (Lipinski definition) is 1. The van der Waals surface area contributed by atoms with Crippen LogP contribution in [-0.4, -0.2) is 9.88 Å². The molecule has 0 spiro atoms. The van der Waals surface area contributed by atoms with E-state index in [-0.39, 0.29) is 0 Å². The van der Waals surface area contributed by atoms with E-state index in [1.54, 1.807) is 6.07 Å². The van der Waals surface area contributed by atoms with Gasteiger partial charge in [-0.2, -0.15) is 0 Å². The van der Waals surface area contributed by atoms with Crippen LogP contribution in [0.1, 0.15) is 16.8 Å². The molecule has 18 heavy (non-hydrogen) atoms. The van der Waals surface area contributed by atoms with Crippen molar-refractivity contribution in [3.63, 3.8) is 0 Å². The van der Waals surface area contributed by atoms with Crippen molar-refractivity contribution in [2.24, 2.45) is 0 Å². The summed E-state index contributed by atoms with van der Waals surface area (Å²) in [6.07, 6.45) is 0. The molecule has 0 aliphatic carbocycles. The highest BCUT2D eigenvalue weighted by atomic mass is 35.5. The molecule has 4 heteroatoms. The van der Waals surface area contributed by atoms with Crippen molar-refractivity contribution >= 4 is 17.4 Å². The lowest BCUT2D eigenvalue weighted by molar-refractivity contribution is 0.272. The Balaban J connectivity index is 1.78. The molecule has 1 aromatic carbocycles. The number of fused-ring (bicyclic) bond motifs is 1. The fraction of sp³-hybridized carbons (Fsp3) is 0.214. The van der Waals surface area contributed by atoms with E-state index in [0.29, 0.717) is 10.8 Å². The first-order valence-electron chi connectivity index (χ1n) is 5.92. The van der Waals surface area contributed by atoms with Crippen molar-refractivity contribution < 1.29 is 0 Å². The second-order valence-electron chi connectivity index (χ2n) is 4.58. The molecule has 2 N–H and O–H groups in total. The van der Waals surface area contributed by atoms with Crippen LogP contribution in [-0.2, 0) is 19.6 Å². The largest absolute Gasteiger partial charge is 0.384 e. The van der Waals surface area contributed by atoms with Crippen molar-refractivity contribution in [1.82, 2.24) is 9.88 Å². The molecule has 0 bridgehead atoms. The number of nitrogens with two attached hydrogens (primary N) is 1. The maximum atomic E-state index is 6.14. The Kier molecular flexibility index (Phi) is 2.94. The molecule has 92 valence electrons. The van der Waals surface area contributed by atoms with Crippen LogP contribution >= 0.6 is 11.6 Å². The molecule has 1 aromatic heterocycles. The molecule has 1 aliphatic rings. The first kappa shape index (κ1) is 11.5. The Morgan fingerprint density at radius 2 is 1.78 bits per heavy atom. The predicted octanol–water partition coefficient (Wildman–Crippen LogP) is 2.83. The molecular formula is C14H14ClN3. The van der Waals surface area contributed by atoms with Gasteiger partial charge in [0.1, 0.15) is 5.82 Å². The third-order valence-electron chi connectivity index (χ3n) is 3.22. The van der Waals surface area contributed by atoms with E-state index in [1.165, 1.54) is 11.1 Å². The SMILES string of the molecule is Nc1ccc(Cl)c(CN2Cc3ccccc3C2)n1. The number of nitrogens with zero attached hydrogens (tertiary/aromatic N) is 2. The number of rotatable bonds is 2. The molecule has 3 rings (SSSR count). The number of halogens is 1. The van der Waals surface area contributed by atoms with E-state index in [0.717, 1.165) is 25.3 Å². The number of nitrogen functional groups attached to an aromatic ring is 1. The van der Waals surface area contributed by atoms with Crippen molar-refractivity contribution in [2.45, 2.75) is 19.6 Å². The lowest BCUT2D eigenvalue weighted by Gasteiger charge is -2.15. The van der Waals surface area contributed by atoms with Gasteiger partial charge in [0.2, 0.25) is 0 Å². The third-order valence-corrected chi connectivity index (χ3v) is 3.56. The molecule has 2 aromatic rings. The van der Waals surface area contributed by atoms with Crippen LogP contribution in [0.15, 0.2) is 36.4 Å². The van der Waals surface area contributed by atoms with Gasteiger partial charge in [-0.25, -0.2) is 4.98 Å². The van der Waals surface area contributed by atoms with Gasteiger partial charge in [-0.05, 0) is 23.3 Å². The minimum Gasteiger partial charge on any atom is -0.384 e. The van der Waals surface area contributed by atoms with E-state index in [2.05, 4.69) is 34.1 Å². The molecule has 1 aliphatic heterocycles. The summed E-state index contributed by atoms with van der Waals surface area (Å²) in [6, 6.07) is 12.0. The van der Waals surface area contributed by atoms with Gasteiger partial charge in [0.05, 0.1) is 10.7 Å². The Hall–Kier alpha value is -1.58. The van der Waals surface area contributed by atoms with Gasteiger partial charge >= 0.3 is 0 Å². The first-order valence-corrected chi connectivity index (χ1v) is 6.30. The molecule has 0 radical (unpaired) electrons. The van der Waals surface area contributed by atoms with Gasteiger partial charge < -0.3 is 5.73 Å². The van der Waals surface area contributed by atoms with Gasteiger partial charge in [-0.15, -0.1) is 0 Å². The molecule has 2 heterocycles. The Bertz CT molecular complexity index is 558. The van der Waals surface area contributed by atoms with Gasteiger partial charge in [0.25, 0.3) is 0 Å². The van der Waals surface area contributed by atoms with Gasteiger partial charge in [0.15, 0.2) is 0 Å². The zero-order valence-corrected chi connectivity index (χ0v) is 10.7. The van der Waals surface area contributed by atoms with Crippen molar-refractivity contribution in [3.8, 4) is 0 Å². The Labute approximate surface area is 111 Å². The summed E-state index contributed by atoms with van der Waals surface area (Å²) in [4.78, 5) is 6.62. The van der Waals surface area contributed by atoms with E-state index in [4.69, 9.17) is 17.3 Å². The zero-order valence-electron chi connectivity index (χ0n) is 9.94. The fourth-order valence-corrected chi connectivity index (χ4v) is 2.50. The summed E-state index contributed by atoms with van der Waals surface area (Å²) >= 11 is 6.14. The third kappa shape index (κ3) is 2.19. The molecule has 3 nitrogen and oxygen atoms in total. The number of hydrogen-bond acceptors (Lipinski definition) is 3. The minimum atomic E-state index is 0.520. The lowest BCUT2D eigenvalue weighted by atomic mass is 10.1. The highest BCUT2D eigenvalue weighted by Gasteiger charge is 2.19. The summed E-state index contributed by atoms with van der Waals surface area (Å²) in [5.41, 5.74) is 9.32. The summed E-state index contributed by atoms with van der Waals surface area (Å²) in [5, 5.41) is 0.681. The summed E-state index contributed by atoms with van der Waals surface area (Å²) in [6.45, 7) is 2.63. The first-order chi connectivity index (χ1) is 8.72. The predicted molar refractivity (Wildman–Crippen MR) is 73.1 cm³/mol. The topological polar surface area (TPSA) is 42.1 Å². The van der Waals surface area contributed by atoms with Gasteiger partial charge in [-0.3, -0.25) is 4.90 Å². The fourth-order valence-electron chi connectivity index (χ4n) is 2.34. The molecular weight excluding hydrogens is 246 g/mol. The standard InChI is InChI=1S/C14H14ClN3/c15-12-5-6-14(16)17-13(12)9-18-7-10-3-1-2-4-11(10)8-18/h1-6H,7-9H2,(H2,16,17). The molecule has 0 saturated heterocycles. The maximum absolute atomic E-state index is 6.14. The molecule has 0 saturated carbocycles. The van der Waals surface area contributed by atoms with Crippen molar-refractivity contribution in [3.05, 3.63) is 58.2 Å². The van der Waals surface area contributed by atoms with Crippen LogP contribution in [0.4, 0.5) is 5.82 Å². The van der Waals surface area contributed by atoms with Crippen LogP contribution in [0.5, 0.6) is 0 Å². The smallest absolute Gasteiger partial charge is 0.123 e. The molecule has 0 amide bonds. The van der Waals surface area contributed by atoms with Crippen LogP contribution in [0.3, 0.4) is 0 Å². The van der Waals surface area contributed by atoms with Crippen molar-refractivity contribution in [2.75, 3.05) is 5.73 Å². The number of anilines is 1. The molecule has 0 fully saturated rings. The maximum Gasteiger partial charge on any atom is 0.123 e. The lowest BCUT2D eigenvalue weighted by Crippen LogP contribution is -2.17. The van der Waals surface area contributed by atoms with Crippen LogP contribution in [0, 0.1) is 0 Å². The second-order valence-corrected chi connectivity index (χ2v) is 4.99. The van der Waals surface area contributed by atoms with E-state index >= 15 is 0 Å². The monoisotopic (exact) mass is 259 g/mol. The number of aromatic nitrogens is 1. The van der Waals surface area contributed by atoms with Crippen molar-refractivity contribution in [1.29, 1.82) is 0 Å². The highest BCUT2D eigenvalue weighted by molar-refractivity contribution is 6.31. The van der Waals surface area contributed by atoms with Gasteiger partial charge in [-0.1, -0.05) is 35.9 Å². The van der Waals surface area contributed by atoms with E-state index in [9.17, 15) is 0 Å². The summed E-state index contributed by atoms with van der Waals surface area (Å²) in [5.74, 6) is 0.520. The number of benzene rings is 1. The van der Waals surface area contributed by atoms with Crippen LogP contribution < -0.4 is 5.73 Å². The Morgan fingerprint density at radius 3 is 2.44 bits per heavy atom. The summed E-state index contributed by atoms with van der Waals surface area (Å²) in [7, 11) is 0. The second kappa shape index (κ2) is 4.59. The van der Waals surface area contributed by atoms with E-state index < -0.39 is 0 Å². The van der Waals surface area contributed by atoms with Gasteiger partial charge in [0, 0.05) is 19.6 Å². The highest BCUT2D eigenvalue weighted by Crippen LogP contribution is 2.25. The normalized spacial score (nSPS) is 14.7. The molecule has 0 unspecified atom stereocenters.